The summed E-state index contributed by atoms with van der Waals surface area (Å²) in [6.07, 6.45) is 3.99. The minimum Gasteiger partial charge on any atom is -0.507 e. The van der Waals surface area contributed by atoms with Crippen LogP contribution in [0.4, 0.5) is 0 Å². The molecule has 0 fully saturated rings. The first-order valence-corrected chi connectivity index (χ1v) is 10.4. The zero-order chi connectivity index (χ0) is 19.4. The van der Waals surface area contributed by atoms with Crippen LogP contribution in [0.5, 0.6) is 5.75 Å². The zero-order valence-corrected chi connectivity index (χ0v) is 17.9. The van der Waals surface area contributed by atoms with Gasteiger partial charge >= 0.3 is 0 Å². The Bertz CT molecular complexity index is 770. The third-order valence-electron chi connectivity index (χ3n) is 4.89. The highest BCUT2D eigenvalue weighted by atomic mass is 31.1. The fraction of sp³-hybridized carbons (Fsp3) is 0.435. The molecule has 2 aromatic rings. The van der Waals surface area contributed by atoms with Crippen LogP contribution in [-0.2, 0) is 5.16 Å². The van der Waals surface area contributed by atoms with E-state index in [2.05, 4.69) is 71.0 Å². The maximum Gasteiger partial charge on any atom is 0.122 e. The van der Waals surface area contributed by atoms with Crippen molar-refractivity contribution < 1.29 is 5.11 Å². The number of para-hydroxylation sites is 1. The van der Waals surface area contributed by atoms with Crippen molar-refractivity contribution in [3.63, 3.8) is 0 Å². The lowest BCUT2D eigenvalue weighted by molar-refractivity contribution is 0.444. The molecule has 3 heteroatoms. The first-order chi connectivity index (χ1) is 12.2. The minimum atomic E-state index is -0.0857. The van der Waals surface area contributed by atoms with E-state index < -0.39 is 0 Å². The summed E-state index contributed by atoms with van der Waals surface area (Å²) in [6.45, 7) is 12.8. The standard InChI is InChI=1S/C23H32NOP/c1-7-23(8-2,19-14-11-12-17(3)21(19)25)26-20-15-10-9-13-18(20)16-24-22(4,5)6/h9-16,25-26H,7-8H2,1-6H3/b24-16+. The number of phenols is 1. The largest absolute Gasteiger partial charge is 0.507 e. The van der Waals surface area contributed by atoms with E-state index in [4.69, 9.17) is 4.99 Å². The molecule has 0 aromatic heterocycles. The summed E-state index contributed by atoms with van der Waals surface area (Å²) in [5.74, 6) is 0.449. The van der Waals surface area contributed by atoms with Crippen molar-refractivity contribution in [3.8, 4) is 5.75 Å². The molecule has 0 aliphatic rings. The molecule has 0 saturated carbocycles. The molecule has 1 N–H and O–H groups in total. The Morgan fingerprint density at radius 3 is 2.27 bits per heavy atom. The molecule has 0 aliphatic heterocycles. The first kappa shape index (κ1) is 20.6. The molecule has 0 bridgehead atoms. The molecule has 2 aromatic carbocycles. The van der Waals surface area contributed by atoms with E-state index in [1.165, 1.54) is 10.9 Å². The fourth-order valence-electron chi connectivity index (χ4n) is 3.16. The van der Waals surface area contributed by atoms with Gasteiger partial charge in [-0.1, -0.05) is 64.9 Å². The molecule has 0 radical (unpaired) electrons. The van der Waals surface area contributed by atoms with Gasteiger partial charge in [-0.05, 0) is 57.0 Å². The monoisotopic (exact) mass is 369 g/mol. The second-order valence-corrected chi connectivity index (χ2v) is 9.65. The minimum absolute atomic E-state index is 0.0538. The SMILES string of the molecule is CCC(CC)(Pc1ccccc1/C=N/C(C)(C)C)c1cccc(C)c1O. The van der Waals surface area contributed by atoms with Crippen molar-refractivity contribution in [1.82, 2.24) is 0 Å². The van der Waals surface area contributed by atoms with Crippen molar-refractivity contribution in [2.24, 2.45) is 4.99 Å². The lowest BCUT2D eigenvalue weighted by atomic mass is 9.90. The van der Waals surface area contributed by atoms with Gasteiger partial charge in [-0.25, -0.2) is 0 Å². The number of phenolic OH excluding ortho intramolecular Hbond substituents is 1. The van der Waals surface area contributed by atoms with Gasteiger partial charge in [0, 0.05) is 16.9 Å². The third kappa shape index (κ3) is 4.74. The molecule has 140 valence electrons. The van der Waals surface area contributed by atoms with Crippen LogP contribution >= 0.6 is 8.58 Å². The van der Waals surface area contributed by atoms with E-state index in [-0.39, 0.29) is 10.7 Å². The topological polar surface area (TPSA) is 32.6 Å². The van der Waals surface area contributed by atoms with E-state index in [9.17, 15) is 5.11 Å². The van der Waals surface area contributed by atoms with Crippen molar-refractivity contribution in [2.45, 2.75) is 65.1 Å². The van der Waals surface area contributed by atoms with E-state index in [0.717, 1.165) is 24.0 Å². The van der Waals surface area contributed by atoms with Gasteiger partial charge in [-0.2, -0.15) is 0 Å². The first-order valence-electron chi connectivity index (χ1n) is 9.44. The van der Waals surface area contributed by atoms with Gasteiger partial charge in [0.15, 0.2) is 0 Å². The molecule has 0 spiro atoms. The molecule has 2 rings (SSSR count). The summed E-state index contributed by atoms with van der Waals surface area (Å²) in [4.78, 5) is 4.70. The maximum atomic E-state index is 10.7. The smallest absolute Gasteiger partial charge is 0.122 e. The van der Waals surface area contributed by atoms with E-state index in [1.54, 1.807) is 0 Å². The number of nitrogens with zero attached hydrogens (tertiary/aromatic N) is 1. The van der Waals surface area contributed by atoms with Gasteiger partial charge in [-0.3, -0.25) is 4.99 Å². The van der Waals surface area contributed by atoms with Crippen LogP contribution in [0.3, 0.4) is 0 Å². The Kier molecular flexibility index (Phi) is 6.64. The van der Waals surface area contributed by atoms with Crippen molar-refractivity contribution in [2.75, 3.05) is 0 Å². The van der Waals surface area contributed by atoms with Gasteiger partial charge in [0.05, 0.1) is 5.54 Å². The highest BCUT2D eigenvalue weighted by Gasteiger charge is 2.32. The van der Waals surface area contributed by atoms with Crippen LogP contribution in [0, 0.1) is 6.92 Å². The molecule has 26 heavy (non-hydrogen) atoms. The second-order valence-electron chi connectivity index (χ2n) is 7.90. The number of rotatable bonds is 6. The summed E-state index contributed by atoms with van der Waals surface area (Å²) in [7, 11) is 0.577. The summed E-state index contributed by atoms with van der Waals surface area (Å²) in [5.41, 5.74) is 3.11. The lowest BCUT2D eigenvalue weighted by Crippen LogP contribution is -2.23. The molecular formula is C23H32NOP. The Morgan fingerprint density at radius 1 is 1.00 bits per heavy atom. The van der Waals surface area contributed by atoms with Crippen molar-refractivity contribution >= 4 is 20.1 Å². The summed E-state index contributed by atoms with van der Waals surface area (Å²) in [5, 5.41) is 12.0. The molecule has 1 unspecified atom stereocenters. The predicted molar refractivity (Wildman–Crippen MR) is 117 cm³/mol. The van der Waals surface area contributed by atoms with Gasteiger partial charge in [0.1, 0.15) is 5.75 Å². The van der Waals surface area contributed by atoms with Crippen LogP contribution in [0.2, 0.25) is 0 Å². The van der Waals surface area contributed by atoms with Crippen molar-refractivity contribution in [1.29, 1.82) is 0 Å². The number of aryl methyl sites for hydroxylation is 1. The molecule has 0 heterocycles. The van der Waals surface area contributed by atoms with Crippen molar-refractivity contribution in [3.05, 3.63) is 59.2 Å². The second kappa shape index (κ2) is 8.35. The average Bonchev–Trinajstić information content (AvgIpc) is 2.61. The fourth-order valence-corrected chi connectivity index (χ4v) is 4.84. The molecule has 0 aliphatic carbocycles. The number of hydrogen-bond donors (Lipinski definition) is 1. The van der Waals surface area contributed by atoms with Gasteiger partial charge in [0.2, 0.25) is 0 Å². The normalized spacial score (nSPS) is 13.2. The molecule has 1 atom stereocenters. The average molecular weight is 369 g/mol. The Morgan fingerprint density at radius 2 is 1.65 bits per heavy atom. The molecular weight excluding hydrogens is 337 g/mol. The van der Waals surface area contributed by atoms with Gasteiger partial charge in [-0.15, -0.1) is 0 Å². The predicted octanol–water partition coefficient (Wildman–Crippen LogP) is 5.94. The van der Waals surface area contributed by atoms with Crippen LogP contribution in [0.25, 0.3) is 0 Å². The van der Waals surface area contributed by atoms with Crippen LogP contribution in [-0.4, -0.2) is 16.9 Å². The third-order valence-corrected chi connectivity index (χ3v) is 7.07. The quantitative estimate of drug-likeness (QED) is 0.496. The van der Waals surface area contributed by atoms with E-state index in [1.807, 2.05) is 19.2 Å². The van der Waals surface area contributed by atoms with E-state index in [0.29, 0.717) is 14.3 Å². The maximum absolute atomic E-state index is 10.7. The number of aromatic hydroxyl groups is 1. The molecule has 0 amide bonds. The summed E-state index contributed by atoms with van der Waals surface area (Å²) in [6, 6.07) is 14.6. The van der Waals surface area contributed by atoms with Crippen LogP contribution in [0.15, 0.2) is 47.5 Å². The molecule has 2 nitrogen and oxygen atoms in total. The highest BCUT2D eigenvalue weighted by Crippen LogP contribution is 2.50. The molecule has 0 saturated heterocycles. The van der Waals surface area contributed by atoms with Gasteiger partial charge in [0.25, 0.3) is 0 Å². The van der Waals surface area contributed by atoms with E-state index >= 15 is 0 Å². The Labute approximate surface area is 160 Å². The van der Waals surface area contributed by atoms with Crippen LogP contribution < -0.4 is 5.30 Å². The zero-order valence-electron chi connectivity index (χ0n) is 16.9. The summed E-state index contributed by atoms with van der Waals surface area (Å²) < 4.78 is 0. The lowest BCUT2D eigenvalue weighted by Gasteiger charge is -2.34. The van der Waals surface area contributed by atoms with Crippen LogP contribution in [0.1, 0.15) is 64.2 Å². The Balaban J connectivity index is 2.49. The number of aliphatic imine (C=N–C) groups is 1. The number of benzene rings is 2. The summed E-state index contributed by atoms with van der Waals surface area (Å²) >= 11 is 0. The number of hydrogen-bond acceptors (Lipinski definition) is 2. The van der Waals surface area contributed by atoms with Gasteiger partial charge < -0.3 is 5.11 Å². The Hall–Kier alpha value is -1.66. The highest BCUT2D eigenvalue weighted by molar-refractivity contribution is 7.48.